The van der Waals surface area contributed by atoms with Gasteiger partial charge in [-0.25, -0.2) is 0 Å². The zero-order chi connectivity index (χ0) is 14.8. The molecule has 0 saturated heterocycles. The summed E-state index contributed by atoms with van der Waals surface area (Å²) >= 11 is 1.75. The average molecular weight is 288 g/mol. The van der Waals surface area contributed by atoms with Crippen molar-refractivity contribution in [3.05, 3.63) is 77.9 Å². The van der Waals surface area contributed by atoms with E-state index in [9.17, 15) is 0 Å². The number of rotatable bonds is 2. The van der Waals surface area contributed by atoms with E-state index in [2.05, 4.69) is 54.9 Å². The third-order valence-electron chi connectivity index (χ3n) is 2.67. The fourth-order valence-corrected chi connectivity index (χ4v) is 2.24. The minimum absolute atomic E-state index is 0.791. The molecular weight excluding hydrogens is 272 g/mol. The van der Waals surface area contributed by atoms with Crippen molar-refractivity contribution in [2.75, 3.05) is 5.75 Å². The van der Waals surface area contributed by atoms with Gasteiger partial charge in [0, 0.05) is 10.5 Å². The van der Waals surface area contributed by atoms with E-state index in [4.69, 9.17) is 0 Å². The first-order valence-corrected chi connectivity index (χ1v) is 7.72. The van der Waals surface area contributed by atoms with Gasteiger partial charge in [-0.3, -0.25) is 0 Å². The van der Waals surface area contributed by atoms with E-state index in [0.29, 0.717) is 0 Å². The Labute approximate surface area is 131 Å². The molecule has 0 fully saturated rings. The normalized spacial score (nSPS) is 9.57. The molecule has 0 aromatic heterocycles. The van der Waals surface area contributed by atoms with Crippen LogP contribution in [0.4, 0.5) is 0 Å². The van der Waals surface area contributed by atoms with Gasteiger partial charge in [-0.05, 0) is 43.3 Å². The Hall–Kier alpha value is -2.35. The molecule has 0 aliphatic carbocycles. The smallest absolute Gasteiger partial charge is 0.0598 e. The van der Waals surface area contributed by atoms with Gasteiger partial charge in [0.25, 0.3) is 0 Å². The quantitative estimate of drug-likeness (QED) is 0.570. The second-order valence-electron chi connectivity index (χ2n) is 4.39. The lowest BCUT2D eigenvalue weighted by atomic mass is 10.2. The van der Waals surface area contributed by atoms with Crippen LogP contribution in [0.25, 0.3) is 0 Å². The Morgan fingerprint density at radius 1 is 0.905 bits per heavy atom. The van der Waals surface area contributed by atoms with Crippen LogP contribution in [-0.2, 0) is 0 Å². The fourth-order valence-electron chi connectivity index (χ4n) is 1.58. The Bertz CT molecular complexity index is 702. The first kappa shape index (κ1) is 15.0. The predicted octanol–water partition coefficient (Wildman–Crippen LogP) is 4.70. The Morgan fingerprint density at radius 3 is 2.38 bits per heavy atom. The molecular formula is C20H16S. The van der Waals surface area contributed by atoms with Crippen LogP contribution >= 0.6 is 11.8 Å². The number of aryl methyl sites for hydroxylation is 1. The fraction of sp³-hybridized carbons (Fsp3) is 0.100. The first-order valence-electron chi connectivity index (χ1n) is 6.74. The molecule has 0 atom stereocenters. The highest BCUT2D eigenvalue weighted by Gasteiger charge is 1.90. The van der Waals surface area contributed by atoms with Crippen molar-refractivity contribution < 1.29 is 0 Å². The molecule has 0 spiro atoms. The van der Waals surface area contributed by atoms with Gasteiger partial charge in [0.1, 0.15) is 0 Å². The van der Waals surface area contributed by atoms with Gasteiger partial charge in [0.05, 0.1) is 5.75 Å². The van der Waals surface area contributed by atoms with Crippen molar-refractivity contribution in [1.82, 2.24) is 0 Å². The monoisotopic (exact) mass is 288 g/mol. The van der Waals surface area contributed by atoms with Gasteiger partial charge in [0.2, 0.25) is 0 Å². The summed E-state index contributed by atoms with van der Waals surface area (Å²) < 4.78 is 0. The lowest BCUT2D eigenvalue weighted by molar-refractivity contribution is 1.38. The molecule has 0 aliphatic heterocycles. The van der Waals surface area contributed by atoms with Gasteiger partial charge < -0.3 is 0 Å². The molecule has 0 amide bonds. The third-order valence-corrected chi connectivity index (χ3v) is 3.57. The minimum atomic E-state index is 0.791. The topological polar surface area (TPSA) is 0 Å². The van der Waals surface area contributed by atoms with E-state index in [1.165, 1.54) is 10.5 Å². The van der Waals surface area contributed by atoms with Gasteiger partial charge in [-0.2, -0.15) is 0 Å². The molecule has 21 heavy (non-hydrogen) atoms. The van der Waals surface area contributed by atoms with Crippen molar-refractivity contribution in [1.29, 1.82) is 0 Å². The standard InChI is InChI=1S/C20H16S/c1-18-13-15-20(16-14-18)21-17-9-4-2-3-6-10-19-11-7-5-8-12-19/h2-3,5,7-8,11-16H,17H2,1H3/b3-2-. The summed E-state index contributed by atoms with van der Waals surface area (Å²) in [6.45, 7) is 2.09. The van der Waals surface area contributed by atoms with Crippen LogP contribution in [0.3, 0.4) is 0 Å². The summed E-state index contributed by atoms with van der Waals surface area (Å²) in [5.74, 6) is 12.9. The highest BCUT2D eigenvalue weighted by atomic mass is 32.2. The molecule has 0 N–H and O–H groups in total. The Morgan fingerprint density at radius 2 is 1.62 bits per heavy atom. The number of thioether (sulfide) groups is 1. The molecule has 0 bridgehead atoms. The van der Waals surface area contributed by atoms with Crippen LogP contribution < -0.4 is 0 Å². The summed E-state index contributed by atoms with van der Waals surface area (Å²) in [5.41, 5.74) is 2.30. The maximum absolute atomic E-state index is 3.11. The van der Waals surface area contributed by atoms with Gasteiger partial charge in [-0.15, -0.1) is 11.8 Å². The van der Waals surface area contributed by atoms with Gasteiger partial charge in [0.15, 0.2) is 0 Å². The summed E-state index contributed by atoms with van der Waals surface area (Å²) in [6, 6.07) is 18.4. The van der Waals surface area contributed by atoms with E-state index in [1.807, 2.05) is 30.3 Å². The SMILES string of the molecule is Cc1ccc(SCC#C/C=C\C#Cc2ccccc2)cc1. The van der Waals surface area contributed by atoms with Crippen LogP contribution in [0.15, 0.2) is 71.6 Å². The van der Waals surface area contributed by atoms with Crippen LogP contribution in [-0.4, -0.2) is 5.75 Å². The Balaban J connectivity index is 1.75. The van der Waals surface area contributed by atoms with Crippen molar-refractivity contribution in [3.8, 4) is 23.7 Å². The number of hydrogen-bond acceptors (Lipinski definition) is 1. The molecule has 0 aliphatic rings. The molecule has 2 aromatic carbocycles. The molecule has 0 nitrogen and oxygen atoms in total. The van der Waals surface area contributed by atoms with Gasteiger partial charge in [-0.1, -0.05) is 59.6 Å². The zero-order valence-corrected chi connectivity index (χ0v) is 12.8. The lowest BCUT2D eigenvalue weighted by Gasteiger charge is -1.96. The largest absolute Gasteiger partial charge is 0.113 e. The molecule has 2 aromatic rings. The highest BCUT2D eigenvalue weighted by molar-refractivity contribution is 7.99. The lowest BCUT2D eigenvalue weighted by Crippen LogP contribution is -1.75. The van der Waals surface area contributed by atoms with E-state index >= 15 is 0 Å². The van der Waals surface area contributed by atoms with Crippen molar-refractivity contribution in [2.45, 2.75) is 11.8 Å². The summed E-state index contributed by atoms with van der Waals surface area (Å²) in [7, 11) is 0. The van der Waals surface area contributed by atoms with E-state index in [0.717, 1.165) is 11.3 Å². The van der Waals surface area contributed by atoms with Crippen LogP contribution in [0.1, 0.15) is 11.1 Å². The molecule has 0 unspecified atom stereocenters. The highest BCUT2D eigenvalue weighted by Crippen LogP contribution is 2.17. The second-order valence-corrected chi connectivity index (χ2v) is 5.44. The van der Waals surface area contributed by atoms with Crippen molar-refractivity contribution in [3.63, 3.8) is 0 Å². The molecule has 0 saturated carbocycles. The van der Waals surface area contributed by atoms with E-state index in [1.54, 1.807) is 23.9 Å². The third kappa shape index (κ3) is 6.09. The average Bonchev–Trinajstić information content (AvgIpc) is 2.53. The number of allylic oxidation sites excluding steroid dienone is 2. The zero-order valence-electron chi connectivity index (χ0n) is 12.0. The number of hydrogen-bond donors (Lipinski definition) is 0. The molecule has 1 heteroatoms. The second kappa shape index (κ2) is 8.75. The predicted molar refractivity (Wildman–Crippen MR) is 92.1 cm³/mol. The minimum Gasteiger partial charge on any atom is -0.113 e. The van der Waals surface area contributed by atoms with E-state index < -0.39 is 0 Å². The molecule has 0 heterocycles. The molecule has 0 radical (unpaired) electrons. The first-order chi connectivity index (χ1) is 10.3. The van der Waals surface area contributed by atoms with Crippen LogP contribution in [0.5, 0.6) is 0 Å². The van der Waals surface area contributed by atoms with Crippen molar-refractivity contribution >= 4 is 11.8 Å². The van der Waals surface area contributed by atoms with Crippen molar-refractivity contribution in [2.24, 2.45) is 0 Å². The van der Waals surface area contributed by atoms with Crippen LogP contribution in [0.2, 0.25) is 0 Å². The Kier molecular flexibility index (Phi) is 6.27. The molecule has 2 rings (SSSR count). The summed E-state index contributed by atoms with van der Waals surface area (Å²) in [5, 5.41) is 0. The summed E-state index contributed by atoms with van der Waals surface area (Å²) in [6.07, 6.45) is 3.59. The van der Waals surface area contributed by atoms with Gasteiger partial charge >= 0.3 is 0 Å². The molecule has 102 valence electrons. The maximum atomic E-state index is 3.11. The van der Waals surface area contributed by atoms with E-state index in [-0.39, 0.29) is 0 Å². The number of benzene rings is 2. The summed E-state index contributed by atoms with van der Waals surface area (Å²) in [4.78, 5) is 1.25. The van der Waals surface area contributed by atoms with Crippen LogP contribution in [0, 0.1) is 30.6 Å². The maximum Gasteiger partial charge on any atom is 0.0598 e.